The van der Waals surface area contributed by atoms with Crippen LogP contribution in [0.25, 0.3) is 0 Å². The third-order valence-corrected chi connectivity index (χ3v) is 4.81. The molecule has 21 heavy (non-hydrogen) atoms. The van der Waals surface area contributed by atoms with Gasteiger partial charge in [-0.05, 0) is 42.9 Å². The second-order valence-electron chi connectivity index (χ2n) is 6.64. The molecule has 0 amide bonds. The molecule has 0 aliphatic carbocycles. The molecule has 0 spiro atoms. The van der Waals surface area contributed by atoms with Gasteiger partial charge in [-0.1, -0.05) is 27.7 Å². The average Bonchev–Trinajstić information content (AvgIpc) is 2.84. The molecular weight excluding hydrogens is 265 g/mol. The highest BCUT2D eigenvalue weighted by molar-refractivity contribution is 5.37. The SMILES string of the molecule is CCC(CC)(CNC(C)C)CC1Cc2cc(F)ccc2O1. The van der Waals surface area contributed by atoms with Gasteiger partial charge in [0.05, 0.1) is 0 Å². The van der Waals surface area contributed by atoms with Crippen molar-refractivity contribution in [2.24, 2.45) is 5.41 Å². The molecule has 1 heterocycles. The van der Waals surface area contributed by atoms with Gasteiger partial charge in [-0.3, -0.25) is 0 Å². The van der Waals surface area contributed by atoms with Crippen molar-refractivity contribution in [1.82, 2.24) is 5.32 Å². The van der Waals surface area contributed by atoms with Gasteiger partial charge in [-0.25, -0.2) is 4.39 Å². The van der Waals surface area contributed by atoms with E-state index in [2.05, 4.69) is 33.0 Å². The van der Waals surface area contributed by atoms with E-state index in [1.807, 2.05) is 0 Å². The van der Waals surface area contributed by atoms with E-state index in [0.29, 0.717) is 6.04 Å². The summed E-state index contributed by atoms with van der Waals surface area (Å²) in [6.07, 6.45) is 4.30. The second kappa shape index (κ2) is 6.78. The largest absolute Gasteiger partial charge is 0.490 e. The maximum absolute atomic E-state index is 13.3. The summed E-state index contributed by atoms with van der Waals surface area (Å²) in [6, 6.07) is 5.35. The van der Waals surface area contributed by atoms with Gasteiger partial charge in [0.15, 0.2) is 0 Å². The molecule has 0 aromatic heterocycles. The van der Waals surface area contributed by atoms with Crippen LogP contribution in [-0.2, 0) is 6.42 Å². The van der Waals surface area contributed by atoms with Crippen LogP contribution in [0, 0.1) is 11.2 Å². The number of hydrogen-bond acceptors (Lipinski definition) is 2. The monoisotopic (exact) mass is 293 g/mol. The number of rotatable bonds is 7. The molecule has 0 bridgehead atoms. The second-order valence-corrected chi connectivity index (χ2v) is 6.64. The lowest BCUT2D eigenvalue weighted by Crippen LogP contribution is -2.40. The van der Waals surface area contributed by atoms with Gasteiger partial charge in [0.2, 0.25) is 0 Å². The van der Waals surface area contributed by atoms with Gasteiger partial charge in [-0.2, -0.15) is 0 Å². The Morgan fingerprint density at radius 2 is 2.05 bits per heavy atom. The predicted molar refractivity (Wildman–Crippen MR) is 85.3 cm³/mol. The van der Waals surface area contributed by atoms with Crippen molar-refractivity contribution in [2.75, 3.05) is 6.54 Å². The summed E-state index contributed by atoms with van der Waals surface area (Å²) in [5.41, 5.74) is 1.27. The smallest absolute Gasteiger partial charge is 0.123 e. The fraction of sp³-hybridized carbons (Fsp3) is 0.667. The van der Waals surface area contributed by atoms with Crippen molar-refractivity contribution in [3.63, 3.8) is 0 Å². The minimum absolute atomic E-state index is 0.170. The number of hydrogen-bond donors (Lipinski definition) is 1. The summed E-state index contributed by atoms with van der Waals surface area (Å²) in [6.45, 7) is 9.89. The van der Waals surface area contributed by atoms with E-state index < -0.39 is 0 Å². The molecule has 0 fully saturated rings. The molecule has 1 aliphatic heterocycles. The molecule has 0 saturated heterocycles. The molecule has 2 rings (SSSR count). The van der Waals surface area contributed by atoms with Crippen LogP contribution in [0.15, 0.2) is 18.2 Å². The zero-order chi connectivity index (χ0) is 15.5. The van der Waals surface area contributed by atoms with E-state index in [9.17, 15) is 4.39 Å². The lowest BCUT2D eigenvalue weighted by molar-refractivity contribution is 0.120. The first kappa shape index (κ1) is 16.3. The van der Waals surface area contributed by atoms with Crippen molar-refractivity contribution in [2.45, 2.75) is 65.5 Å². The number of benzene rings is 1. The zero-order valence-electron chi connectivity index (χ0n) is 13.7. The average molecular weight is 293 g/mol. The summed E-state index contributed by atoms with van der Waals surface area (Å²) in [7, 11) is 0. The molecule has 0 saturated carbocycles. The van der Waals surface area contributed by atoms with E-state index in [1.165, 1.54) is 6.07 Å². The third kappa shape index (κ3) is 3.97. The molecule has 1 unspecified atom stereocenters. The summed E-state index contributed by atoms with van der Waals surface area (Å²) in [5, 5.41) is 3.58. The van der Waals surface area contributed by atoms with Gasteiger partial charge >= 0.3 is 0 Å². The molecule has 1 aromatic rings. The van der Waals surface area contributed by atoms with Crippen LogP contribution in [-0.4, -0.2) is 18.7 Å². The van der Waals surface area contributed by atoms with Crippen molar-refractivity contribution in [3.05, 3.63) is 29.6 Å². The molecule has 1 N–H and O–H groups in total. The Balaban J connectivity index is 2.02. The molecule has 1 aliphatic rings. The maximum Gasteiger partial charge on any atom is 0.123 e. The van der Waals surface area contributed by atoms with Crippen LogP contribution in [0.3, 0.4) is 0 Å². The van der Waals surface area contributed by atoms with Crippen molar-refractivity contribution in [1.29, 1.82) is 0 Å². The Bertz CT molecular complexity index is 468. The summed E-state index contributed by atoms with van der Waals surface area (Å²) in [5.74, 6) is 0.691. The number of halogens is 1. The van der Waals surface area contributed by atoms with E-state index in [0.717, 1.165) is 43.5 Å². The highest BCUT2D eigenvalue weighted by Gasteiger charge is 2.34. The molecule has 1 aromatic carbocycles. The minimum atomic E-state index is -0.170. The van der Waals surface area contributed by atoms with Crippen LogP contribution in [0.4, 0.5) is 4.39 Å². The summed E-state index contributed by atoms with van der Waals surface area (Å²) in [4.78, 5) is 0. The summed E-state index contributed by atoms with van der Waals surface area (Å²) >= 11 is 0. The van der Waals surface area contributed by atoms with Crippen LogP contribution >= 0.6 is 0 Å². The predicted octanol–water partition coefficient (Wildman–Crippen LogP) is 4.32. The summed E-state index contributed by atoms with van der Waals surface area (Å²) < 4.78 is 19.3. The molecule has 118 valence electrons. The first-order valence-electron chi connectivity index (χ1n) is 8.16. The Hall–Kier alpha value is -1.09. The lowest BCUT2D eigenvalue weighted by Gasteiger charge is -2.35. The van der Waals surface area contributed by atoms with Crippen LogP contribution < -0.4 is 10.1 Å². The first-order chi connectivity index (χ1) is 9.98. The van der Waals surface area contributed by atoms with Crippen LogP contribution in [0.1, 0.15) is 52.5 Å². The van der Waals surface area contributed by atoms with Crippen LogP contribution in [0.5, 0.6) is 5.75 Å². The highest BCUT2D eigenvalue weighted by Crippen LogP contribution is 2.38. The van der Waals surface area contributed by atoms with E-state index in [1.54, 1.807) is 12.1 Å². The molecule has 2 nitrogen and oxygen atoms in total. The molecule has 0 radical (unpaired) electrons. The first-order valence-corrected chi connectivity index (χ1v) is 8.16. The van der Waals surface area contributed by atoms with Gasteiger partial charge in [0.1, 0.15) is 17.7 Å². The Morgan fingerprint density at radius 3 is 2.67 bits per heavy atom. The molecular formula is C18H28FNO. The molecule has 3 heteroatoms. The Morgan fingerprint density at radius 1 is 1.33 bits per heavy atom. The van der Waals surface area contributed by atoms with E-state index in [-0.39, 0.29) is 17.3 Å². The van der Waals surface area contributed by atoms with Gasteiger partial charge < -0.3 is 10.1 Å². The van der Waals surface area contributed by atoms with Gasteiger partial charge in [0.25, 0.3) is 0 Å². The Labute approximate surface area is 128 Å². The van der Waals surface area contributed by atoms with Crippen LogP contribution in [0.2, 0.25) is 0 Å². The van der Waals surface area contributed by atoms with Crippen molar-refractivity contribution in [3.8, 4) is 5.75 Å². The number of ether oxygens (including phenoxy) is 1. The van der Waals surface area contributed by atoms with E-state index in [4.69, 9.17) is 4.74 Å². The van der Waals surface area contributed by atoms with Crippen molar-refractivity contribution < 1.29 is 9.13 Å². The normalized spacial score (nSPS) is 17.9. The minimum Gasteiger partial charge on any atom is -0.490 e. The van der Waals surface area contributed by atoms with Gasteiger partial charge in [-0.15, -0.1) is 0 Å². The third-order valence-electron chi connectivity index (χ3n) is 4.81. The highest BCUT2D eigenvalue weighted by atomic mass is 19.1. The van der Waals surface area contributed by atoms with Crippen molar-refractivity contribution >= 4 is 0 Å². The fourth-order valence-electron chi connectivity index (χ4n) is 3.17. The fourth-order valence-corrected chi connectivity index (χ4v) is 3.17. The maximum atomic E-state index is 13.3. The van der Waals surface area contributed by atoms with Gasteiger partial charge in [0, 0.05) is 24.6 Å². The van der Waals surface area contributed by atoms with E-state index >= 15 is 0 Å². The standard InChI is InChI=1S/C18H28FNO/c1-5-18(6-2,12-20-13(3)4)11-16-10-14-9-15(19)7-8-17(14)21-16/h7-9,13,16,20H,5-6,10-12H2,1-4H3. The Kier molecular flexibility index (Phi) is 5.26. The topological polar surface area (TPSA) is 21.3 Å². The molecule has 1 atom stereocenters. The number of fused-ring (bicyclic) bond motifs is 1. The zero-order valence-corrected chi connectivity index (χ0v) is 13.7. The lowest BCUT2D eigenvalue weighted by atomic mass is 9.76. The number of nitrogens with one attached hydrogen (secondary N) is 1. The quantitative estimate of drug-likeness (QED) is 0.808.